The van der Waals surface area contributed by atoms with Gasteiger partial charge in [-0.15, -0.1) is 0 Å². The normalized spacial score (nSPS) is 13.2. The summed E-state index contributed by atoms with van der Waals surface area (Å²) in [4.78, 5) is 0. The van der Waals surface area contributed by atoms with Crippen LogP contribution in [0.5, 0.6) is 0 Å². The van der Waals surface area contributed by atoms with Gasteiger partial charge in [0.15, 0.2) is 9.84 Å². The van der Waals surface area contributed by atoms with Crippen molar-refractivity contribution < 1.29 is 0 Å². The Balaban J connectivity index is 3.46. The third-order valence-electron chi connectivity index (χ3n) is 1.89. The molecule has 0 fully saturated rings. The van der Waals surface area contributed by atoms with Crippen LogP contribution in [0.2, 0.25) is 0 Å². The molecule has 0 radical (unpaired) electrons. The van der Waals surface area contributed by atoms with Gasteiger partial charge in [0, 0.05) is 0 Å². The molecule has 0 rings (SSSR count). The van der Waals surface area contributed by atoms with Gasteiger partial charge in [-0.1, -0.05) is 20.8 Å². The zero-order chi connectivity index (χ0) is 8.15. The molecular formula is C7H20N2Si. The Morgan fingerprint density at radius 1 is 1.30 bits per heavy atom. The van der Waals surface area contributed by atoms with E-state index in [2.05, 4.69) is 44.0 Å². The van der Waals surface area contributed by atoms with Gasteiger partial charge >= 0.3 is 0 Å². The van der Waals surface area contributed by atoms with Gasteiger partial charge in [0.1, 0.15) is 0 Å². The molecule has 3 heteroatoms. The van der Waals surface area contributed by atoms with Gasteiger partial charge < -0.3 is 9.13 Å². The van der Waals surface area contributed by atoms with E-state index in [1.54, 1.807) is 0 Å². The van der Waals surface area contributed by atoms with Crippen molar-refractivity contribution in [3.63, 3.8) is 0 Å². The number of hydrogen-bond acceptors (Lipinski definition) is 2. The highest BCUT2D eigenvalue weighted by Gasteiger charge is 2.04. The summed E-state index contributed by atoms with van der Waals surface area (Å²) in [7, 11) is 4.29. The molecule has 0 bridgehead atoms. The van der Waals surface area contributed by atoms with E-state index in [1.807, 2.05) is 0 Å². The fraction of sp³-hybridized carbons (Fsp3) is 1.00. The van der Waals surface area contributed by atoms with Gasteiger partial charge in [0.25, 0.3) is 0 Å². The Hall–Kier alpha value is 0.137. The summed E-state index contributed by atoms with van der Waals surface area (Å²) in [5, 5.41) is 0. The van der Waals surface area contributed by atoms with Crippen LogP contribution in [-0.2, 0) is 0 Å². The van der Waals surface area contributed by atoms with Crippen molar-refractivity contribution in [3.8, 4) is 0 Å². The maximum Gasteiger partial charge on any atom is 0.172 e. The topological polar surface area (TPSA) is 6.48 Å². The summed E-state index contributed by atoms with van der Waals surface area (Å²) in [6.07, 6.45) is 0. The molecule has 0 aliphatic carbocycles. The molecule has 0 unspecified atom stereocenters. The Morgan fingerprint density at radius 3 is 2.10 bits per heavy atom. The fourth-order valence-corrected chi connectivity index (χ4v) is 1.93. The Bertz CT molecular complexity index is 85.7. The van der Waals surface area contributed by atoms with Gasteiger partial charge in [-0.05, 0) is 26.7 Å². The molecule has 0 aromatic heterocycles. The van der Waals surface area contributed by atoms with Crippen molar-refractivity contribution in [2.75, 3.05) is 20.6 Å². The van der Waals surface area contributed by atoms with Crippen LogP contribution in [0.25, 0.3) is 0 Å². The molecule has 0 atom stereocenters. The molecule has 62 valence electrons. The third kappa shape index (κ3) is 4.03. The second-order valence-electron chi connectivity index (χ2n) is 3.16. The summed E-state index contributed by atoms with van der Waals surface area (Å²) >= 11 is 0. The van der Waals surface area contributed by atoms with E-state index in [9.17, 15) is 0 Å². The van der Waals surface area contributed by atoms with Crippen molar-refractivity contribution >= 4 is 9.84 Å². The minimum Gasteiger partial charge on any atom is -0.320 e. The van der Waals surface area contributed by atoms with E-state index in [0.717, 1.165) is 0 Å². The minimum absolute atomic E-state index is 0.121. The van der Waals surface area contributed by atoms with Gasteiger partial charge in [-0.25, -0.2) is 0 Å². The molecule has 0 amide bonds. The van der Waals surface area contributed by atoms with Crippen molar-refractivity contribution in [2.24, 2.45) is 0 Å². The second kappa shape index (κ2) is 4.88. The van der Waals surface area contributed by atoms with Crippen LogP contribution in [0.15, 0.2) is 0 Å². The van der Waals surface area contributed by atoms with Crippen LogP contribution < -0.4 is 0 Å². The summed E-state index contributed by atoms with van der Waals surface area (Å²) in [5.74, 6) is 0. The quantitative estimate of drug-likeness (QED) is 0.545. The molecule has 0 aromatic rings. The highest BCUT2D eigenvalue weighted by Crippen LogP contribution is 1.91. The van der Waals surface area contributed by atoms with Crippen molar-refractivity contribution in [1.29, 1.82) is 0 Å². The van der Waals surface area contributed by atoms with Crippen LogP contribution >= 0.6 is 0 Å². The molecule has 10 heavy (non-hydrogen) atoms. The van der Waals surface area contributed by atoms with Gasteiger partial charge in [-0.3, -0.25) is 0 Å². The Labute approximate surface area is 67.2 Å². The lowest BCUT2D eigenvalue weighted by atomic mass is 10.4. The lowest BCUT2D eigenvalue weighted by molar-refractivity contribution is 0.395. The highest BCUT2D eigenvalue weighted by molar-refractivity contribution is 6.28. The van der Waals surface area contributed by atoms with Crippen LogP contribution in [0.1, 0.15) is 20.8 Å². The van der Waals surface area contributed by atoms with Crippen LogP contribution in [0.3, 0.4) is 0 Å². The average Bonchev–Trinajstić information content (AvgIpc) is 1.87. The molecular weight excluding hydrogens is 140 g/mol. The highest BCUT2D eigenvalue weighted by atomic mass is 28.2. The van der Waals surface area contributed by atoms with E-state index < -0.39 is 0 Å². The monoisotopic (exact) mass is 160 g/mol. The SMILES string of the molecule is CCN(C)[SiH2]N(C)C(C)C. The molecule has 2 nitrogen and oxygen atoms in total. The van der Waals surface area contributed by atoms with Gasteiger partial charge in [0.05, 0.1) is 0 Å². The first-order valence-corrected chi connectivity index (χ1v) is 5.23. The molecule has 0 spiro atoms. The van der Waals surface area contributed by atoms with Crippen molar-refractivity contribution in [2.45, 2.75) is 26.8 Å². The zero-order valence-corrected chi connectivity index (χ0v) is 9.30. The molecule has 0 saturated heterocycles. The van der Waals surface area contributed by atoms with Crippen LogP contribution in [0, 0.1) is 0 Å². The summed E-state index contributed by atoms with van der Waals surface area (Å²) in [6, 6.07) is 0.709. The van der Waals surface area contributed by atoms with Crippen molar-refractivity contribution in [3.05, 3.63) is 0 Å². The molecule has 0 heterocycles. The predicted molar refractivity (Wildman–Crippen MR) is 49.7 cm³/mol. The third-order valence-corrected chi connectivity index (χ3v) is 3.99. The van der Waals surface area contributed by atoms with Crippen molar-refractivity contribution in [1.82, 2.24) is 9.13 Å². The van der Waals surface area contributed by atoms with Gasteiger partial charge in [-0.2, -0.15) is 0 Å². The molecule has 0 aliphatic rings. The predicted octanol–water partition coefficient (Wildman–Crippen LogP) is 0.277. The second-order valence-corrected chi connectivity index (χ2v) is 5.52. The Kier molecular flexibility index (Phi) is 4.94. The number of nitrogens with zero attached hydrogens (tertiary/aromatic N) is 2. The maximum atomic E-state index is 2.46. The fourth-order valence-electron chi connectivity index (χ4n) is 0.644. The molecule has 0 aliphatic heterocycles. The molecule has 0 aromatic carbocycles. The maximum absolute atomic E-state index is 2.46. The van der Waals surface area contributed by atoms with E-state index in [1.165, 1.54) is 6.54 Å². The standard InChI is InChI=1S/C7H20N2Si/c1-6-8(4)10-9(5)7(2)3/h7H,6,10H2,1-5H3. The van der Waals surface area contributed by atoms with Crippen LogP contribution in [-0.4, -0.2) is 45.7 Å². The molecule has 0 saturated carbocycles. The lowest BCUT2D eigenvalue weighted by Gasteiger charge is -2.25. The van der Waals surface area contributed by atoms with E-state index in [4.69, 9.17) is 0 Å². The first-order valence-electron chi connectivity index (χ1n) is 3.96. The smallest absolute Gasteiger partial charge is 0.172 e. The van der Waals surface area contributed by atoms with Gasteiger partial charge in [0.2, 0.25) is 0 Å². The number of rotatable bonds is 4. The summed E-state index contributed by atoms with van der Waals surface area (Å²) < 4.78 is 4.89. The van der Waals surface area contributed by atoms with Crippen LogP contribution in [0.4, 0.5) is 0 Å². The Morgan fingerprint density at radius 2 is 1.80 bits per heavy atom. The summed E-state index contributed by atoms with van der Waals surface area (Å²) in [5.41, 5.74) is 0. The average molecular weight is 160 g/mol. The van der Waals surface area contributed by atoms with E-state index in [-0.39, 0.29) is 9.84 Å². The first kappa shape index (κ1) is 10.1. The molecule has 0 N–H and O–H groups in total. The largest absolute Gasteiger partial charge is 0.320 e. The first-order chi connectivity index (χ1) is 4.57. The minimum atomic E-state index is -0.121. The number of hydrogen-bond donors (Lipinski definition) is 0. The zero-order valence-electron chi connectivity index (χ0n) is 7.89. The van der Waals surface area contributed by atoms with E-state index in [0.29, 0.717) is 6.04 Å². The van der Waals surface area contributed by atoms with E-state index >= 15 is 0 Å². The lowest BCUT2D eigenvalue weighted by Crippen LogP contribution is -2.40. The summed E-state index contributed by atoms with van der Waals surface area (Å²) in [6.45, 7) is 7.89.